The third-order valence-electron chi connectivity index (χ3n) is 1.25. The average molecular weight is 126 g/mol. The minimum absolute atomic E-state index is 0. The van der Waals surface area contributed by atoms with Crippen molar-refractivity contribution in [1.29, 1.82) is 0 Å². The first-order valence-electron chi connectivity index (χ1n) is 3.50. The van der Waals surface area contributed by atoms with Crippen molar-refractivity contribution in [2.75, 3.05) is 0 Å². The summed E-state index contributed by atoms with van der Waals surface area (Å²) in [6.45, 7) is 7.54. The zero-order valence-electron chi connectivity index (χ0n) is 7.66. The first-order valence-corrected chi connectivity index (χ1v) is 3.50. The molecule has 2 heteroatoms. The van der Waals surface area contributed by atoms with Crippen molar-refractivity contribution in [2.24, 2.45) is 0 Å². The normalized spacial score (nSPS) is 7.80. The Morgan fingerprint density at radius 2 is 0.900 bits per heavy atom. The average Bonchev–Trinajstić information content (AvgIpc) is 1.81. The maximum atomic E-state index is 3.77. The van der Waals surface area contributed by atoms with Gasteiger partial charge in [0.15, 0.2) is 0 Å². The molecule has 0 bridgehead atoms. The predicted molar refractivity (Wildman–Crippen MR) is 38.4 cm³/mol. The van der Waals surface area contributed by atoms with Crippen LogP contribution in [0.2, 0.25) is 0 Å². The van der Waals surface area contributed by atoms with Gasteiger partial charge in [-0.1, -0.05) is 25.7 Å². The molecule has 0 rings (SSSR count). The van der Waals surface area contributed by atoms with Gasteiger partial charge < -0.3 is 13.8 Å². The summed E-state index contributed by atoms with van der Waals surface area (Å²) < 4.78 is 0. The fraction of sp³-hybridized carbons (Fsp3) is 0.750. The Labute approximate surface area is 89.9 Å². The van der Waals surface area contributed by atoms with Crippen molar-refractivity contribution in [2.45, 2.75) is 38.5 Å². The Morgan fingerprint density at radius 1 is 0.600 bits per heavy atom. The Morgan fingerprint density at radius 3 is 1.10 bits per heavy atom. The molecule has 0 atom stereocenters. The fourth-order valence-corrected chi connectivity index (χ4v) is 0.707. The molecule has 0 amide bonds. The smallest absolute Gasteiger partial charge is 0.343 e. The van der Waals surface area contributed by atoms with Gasteiger partial charge in [0.1, 0.15) is 0 Å². The van der Waals surface area contributed by atoms with Gasteiger partial charge in [-0.25, -0.2) is 0 Å². The van der Waals surface area contributed by atoms with Crippen LogP contribution in [0.15, 0.2) is 0 Å². The summed E-state index contributed by atoms with van der Waals surface area (Å²) in [5, 5.41) is 0. The molecule has 0 aliphatic heterocycles. The van der Waals surface area contributed by atoms with Crippen LogP contribution in [0.4, 0.5) is 0 Å². The number of unbranched alkanes of at least 4 members (excludes halogenated alkanes) is 5. The van der Waals surface area contributed by atoms with Crippen LogP contribution in [0.25, 0.3) is 0 Å². The zero-order valence-corrected chi connectivity index (χ0v) is 7.66. The van der Waals surface area contributed by atoms with Crippen LogP contribution in [0.3, 0.4) is 0 Å². The van der Waals surface area contributed by atoms with E-state index in [1.165, 1.54) is 25.7 Å². The summed E-state index contributed by atoms with van der Waals surface area (Å²) >= 11 is 0. The minimum Gasteiger partial charge on any atom is -0.343 e. The second-order valence-corrected chi connectivity index (χ2v) is 2.12. The van der Waals surface area contributed by atoms with Gasteiger partial charge in [0.25, 0.3) is 0 Å². The molecule has 0 aromatic heterocycles. The molecule has 0 saturated carbocycles. The van der Waals surface area contributed by atoms with E-state index >= 15 is 0 Å². The van der Waals surface area contributed by atoms with Crippen LogP contribution < -0.4 is 37.7 Å². The number of rotatable bonds is 5. The molecule has 10 heavy (non-hydrogen) atoms. The van der Waals surface area contributed by atoms with Crippen molar-refractivity contribution in [1.82, 2.24) is 0 Å². The Balaban J connectivity index is -0.000000245. The monoisotopic (exact) mass is 126 g/mol. The molecule has 0 fully saturated rings. The van der Waals surface area contributed by atoms with E-state index in [1.807, 2.05) is 0 Å². The van der Waals surface area contributed by atoms with Crippen LogP contribution in [0.1, 0.15) is 38.5 Å². The van der Waals surface area contributed by atoms with E-state index in [9.17, 15) is 0 Å². The van der Waals surface area contributed by atoms with Crippen molar-refractivity contribution in [3.05, 3.63) is 13.8 Å². The molecule has 0 saturated heterocycles. The first-order chi connectivity index (χ1) is 3.91. The van der Waals surface area contributed by atoms with Crippen molar-refractivity contribution in [3.8, 4) is 0 Å². The van der Waals surface area contributed by atoms with Gasteiger partial charge in [-0.2, -0.15) is 12.8 Å². The standard InChI is InChI=1S/C8H16.2Li/c1-3-5-7-8-6-4-2;;/h1-8H2;;/q-2;2*+1. The van der Waals surface area contributed by atoms with Gasteiger partial charge in [-0.05, 0) is 0 Å². The summed E-state index contributed by atoms with van der Waals surface area (Å²) in [5.74, 6) is 0. The second-order valence-electron chi connectivity index (χ2n) is 2.12. The summed E-state index contributed by atoms with van der Waals surface area (Å²) in [5.41, 5.74) is 0. The molecule has 0 aliphatic carbocycles. The van der Waals surface area contributed by atoms with Gasteiger partial charge in [0, 0.05) is 0 Å². The maximum absolute atomic E-state index is 3.77. The molecular formula is C8H16Li2. The van der Waals surface area contributed by atoms with E-state index in [0.29, 0.717) is 0 Å². The minimum atomic E-state index is 0. The molecule has 0 heterocycles. The molecule has 0 unspecified atom stereocenters. The van der Waals surface area contributed by atoms with Gasteiger partial charge in [-0.3, -0.25) is 0 Å². The van der Waals surface area contributed by atoms with Crippen LogP contribution >= 0.6 is 0 Å². The van der Waals surface area contributed by atoms with E-state index < -0.39 is 0 Å². The maximum Gasteiger partial charge on any atom is 1.00 e. The van der Waals surface area contributed by atoms with Gasteiger partial charge >= 0.3 is 37.7 Å². The van der Waals surface area contributed by atoms with E-state index in [2.05, 4.69) is 13.8 Å². The summed E-state index contributed by atoms with van der Waals surface area (Å²) in [6.07, 6.45) is 7.46. The van der Waals surface area contributed by atoms with E-state index in [-0.39, 0.29) is 37.7 Å². The fourth-order valence-electron chi connectivity index (χ4n) is 0.707. The van der Waals surface area contributed by atoms with E-state index in [0.717, 1.165) is 12.8 Å². The molecule has 50 valence electrons. The molecule has 0 aromatic rings. The number of hydrogen-bond donors (Lipinski definition) is 0. The van der Waals surface area contributed by atoms with Gasteiger partial charge in [0.05, 0.1) is 0 Å². The quantitative estimate of drug-likeness (QED) is 0.209. The van der Waals surface area contributed by atoms with Crippen molar-refractivity contribution in [3.63, 3.8) is 0 Å². The van der Waals surface area contributed by atoms with Crippen LogP contribution in [0.5, 0.6) is 0 Å². The Kier molecular flexibility index (Phi) is 28.8. The largest absolute Gasteiger partial charge is 1.00 e. The van der Waals surface area contributed by atoms with Crippen LogP contribution in [-0.4, -0.2) is 0 Å². The van der Waals surface area contributed by atoms with Crippen molar-refractivity contribution < 1.29 is 37.7 Å². The van der Waals surface area contributed by atoms with Gasteiger partial charge in [-0.15, -0.1) is 0 Å². The third kappa shape index (κ3) is 16.1. The predicted octanol–water partition coefficient (Wildman–Crippen LogP) is -3.00. The molecule has 0 N–H and O–H groups in total. The topological polar surface area (TPSA) is 0 Å². The van der Waals surface area contributed by atoms with E-state index in [4.69, 9.17) is 0 Å². The third-order valence-corrected chi connectivity index (χ3v) is 1.25. The Hall–Kier alpha value is 1.19. The number of hydrogen-bond acceptors (Lipinski definition) is 0. The molecule has 0 radical (unpaired) electrons. The van der Waals surface area contributed by atoms with Gasteiger partial charge in [0.2, 0.25) is 0 Å². The first kappa shape index (κ1) is 17.3. The SMILES string of the molecule is [CH2-]CCCCCC[CH2-].[Li+].[Li+]. The van der Waals surface area contributed by atoms with E-state index in [1.54, 1.807) is 0 Å². The second kappa shape index (κ2) is 16.7. The molecule has 0 nitrogen and oxygen atoms in total. The molecular weight excluding hydrogens is 110 g/mol. The Bertz CT molecular complexity index is 32.2. The molecule has 0 aromatic carbocycles. The van der Waals surface area contributed by atoms with Crippen molar-refractivity contribution >= 4 is 0 Å². The van der Waals surface area contributed by atoms with Crippen LogP contribution in [0, 0.1) is 13.8 Å². The van der Waals surface area contributed by atoms with Crippen LogP contribution in [-0.2, 0) is 0 Å². The summed E-state index contributed by atoms with van der Waals surface area (Å²) in [6, 6.07) is 0. The molecule has 0 aliphatic rings. The summed E-state index contributed by atoms with van der Waals surface area (Å²) in [7, 11) is 0. The molecule has 0 spiro atoms. The summed E-state index contributed by atoms with van der Waals surface area (Å²) in [4.78, 5) is 0. The zero-order chi connectivity index (χ0) is 6.24.